The molecule has 0 atom stereocenters. The number of aliphatic imine (C=N–C) groups is 1. The monoisotopic (exact) mass is 373 g/mol. The number of nitro groups is 1. The number of unbranched alkanes of at least 4 members (excludes halogenated alkanes) is 1. The van der Waals surface area contributed by atoms with Crippen molar-refractivity contribution < 1.29 is 4.92 Å². The summed E-state index contributed by atoms with van der Waals surface area (Å²) in [5.41, 5.74) is 1.30. The van der Waals surface area contributed by atoms with Gasteiger partial charge in [0.05, 0.1) is 4.92 Å². The van der Waals surface area contributed by atoms with E-state index in [0.29, 0.717) is 6.04 Å². The molecule has 3 rings (SSSR count). The summed E-state index contributed by atoms with van der Waals surface area (Å²) in [6.45, 7) is 3.29. The van der Waals surface area contributed by atoms with Crippen molar-refractivity contribution in [2.75, 3.05) is 26.7 Å². The average molecular weight is 374 g/mol. The molecular formula is C20H31N5O2. The highest BCUT2D eigenvalue weighted by atomic mass is 16.6. The molecule has 0 aromatic heterocycles. The minimum atomic E-state index is -0.359. The van der Waals surface area contributed by atoms with Crippen LogP contribution < -0.4 is 10.6 Å². The van der Waals surface area contributed by atoms with E-state index in [1.54, 1.807) is 12.1 Å². The third kappa shape index (κ3) is 6.20. The van der Waals surface area contributed by atoms with Crippen LogP contribution in [-0.2, 0) is 6.42 Å². The van der Waals surface area contributed by atoms with E-state index < -0.39 is 0 Å². The van der Waals surface area contributed by atoms with Crippen molar-refractivity contribution in [3.63, 3.8) is 0 Å². The summed E-state index contributed by atoms with van der Waals surface area (Å²) in [4.78, 5) is 17.3. The summed E-state index contributed by atoms with van der Waals surface area (Å²) < 4.78 is 0. The number of rotatable bonds is 8. The standard InChI is InChI=1S/C20H31N5O2/c1-21-20(23-17-11-14-24(15-12-17)18-9-10-18)22-13-3-2-4-16-5-7-19(8-6-16)25(26)27/h5-8,17-18H,2-4,9-15H2,1H3,(H2,21,22,23). The van der Waals surface area contributed by atoms with Crippen molar-refractivity contribution in [3.8, 4) is 0 Å². The molecule has 2 N–H and O–H groups in total. The highest BCUT2D eigenvalue weighted by Gasteiger charge is 2.31. The number of piperidine rings is 1. The average Bonchev–Trinajstić information content (AvgIpc) is 3.53. The van der Waals surface area contributed by atoms with Crippen molar-refractivity contribution in [3.05, 3.63) is 39.9 Å². The maximum absolute atomic E-state index is 10.7. The van der Waals surface area contributed by atoms with E-state index in [9.17, 15) is 10.1 Å². The van der Waals surface area contributed by atoms with Crippen LogP contribution in [-0.4, -0.2) is 54.5 Å². The SMILES string of the molecule is CN=C(NCCCCc1ccc([N+](=O)[O-])cc1)NC1CCN(C2CC2)CC1. The molecule has 7 heteroatoms. The summed E-state index contributed by atoms with van der Waals surface area (Å²) in [7, 11) is 1.82. The topological polar surface area (TPSA) is 82.8 Å². The van der Waals surface area contributed by atoms with Crippen LogP contribution in [0.4, 0.5) is 5.69 Å². The Labute approximate surface area is 161 Å². The van der Waals surface area contributed by atoms with Gasteiger partial charge in [-0.3, -0.25) is 15.1 Å². The molecule has 7 nitrogen and oxygen atoms in total. The Hall–Kier alpha value is -2.15. The molecule has 0 bridgehead atoms. The molecule has 1 aromatic rings. The normalized spacial score (nSPS) is 19.1. The van der Waals surface area contributed by atoms with E-state index >= 15 is 0 Å². The van der Waals surface area contributed by atoms with E-state index in [0.717, 1.165) is 43.4 Å². The van der Waals surface area contributed by atoms with Crippen LogP contribution in [0.5, 0.6) is 0 Å². The van der Waals surface area contributed by atoms with E-state index in [1.165, 1.54) is 38.8 Å². The van der Waals surface area contributed by atoms with Crippen molar-refractivity contribution in [1.82, 2.24) is 15.5 Å². The lowest BCUT2D eigenvalue weighted by Gasteiger charge is -2.33. The van der Waals surface area contributed by atoms with Crippen LogP contribution in [0, 0.1) is 10.1 Å². The van der Waals surface area contributed by atoms with Crippen molar-refractivity contribution in [2.45, 2.75) is 57.0 Å². The number of hydrogen-bond donors (Lipinski definition) is 2. The lowest BCUT2D eigenvalue weighted by molar-refractivity contribution is -0.384. The summed E-state index contributed by atoms with van der Waals surface area (Å²) in [6.07, 6.45) is 8.18. The van der Waals surface area contributed by atoms with Gasteiger partial charge in [0.2, 0.25) is 0 Å². The summed E-state index contributed by atoms with van der Waals surface area (Å²) in [5.74, 6) is 0.898. The smallest absolute Gasteiger partial charge is 0.269 e. The third-order valence-corrected chi connectivity index (χ3v) is 5.49. The Morgan fingerprint density at radius 2 is 1.89 bits per heavy atom. The predicted molar refractivity (Wildman–Crippen MR) is 108 cm³/mol. The Morgan fingerprint density at radius 1 is 1.19 bits per heavy atom. The van der Waals surface area contributed by atoms with Crippen molar-refractivity contribution in [1.29, 1.82) is 0 Å². The van der Waals surface area contributed by atoms with E-state index in [-0.39, 0.29) is 10.6 Å². The minimum Gasteiger partial charge on any atom is -0.356 e. The van der Waals surface area contributed by atoms with Gasteiger partial charge in [-0.2, -0.15) is 0 Å². The fourth-order valence-corrected chi connectivity index (χ4v) is 3.68. The molecule has 1 aliphatic carbocycles. The van der Waals surface area contributed by atoms with Crippen LogP contribution >= 0.6 is 0 Å². The summed E-state index contributed by atoms with van der Waals surface area (Å²) in [6, 6.07) is 8.24. The van der Waals surface area contributed by atoms with Crippen molar-refractivity contribution >= 4 is 11.6 Å². The van der Waals surface area contributed by atoms with Gasteiger partial charge in [0, 0.05) is 50.9 Å². The molecule has 0 unspecified atom stereocenters. The molecule has 1 heterocycles. The minimum absolute atomic E-state index is 0.151. The fourth-order valence-electron chi connectivity index (χ4n) is 3.68. The van der Waals surface area contributed by atoms with Crippen LogP contribution in [0.25, 0.3) is 0 Å². The second-order valence-corrected chi connectivity index (χ2v) is 7.57. The number of likely N-dealkylation sites (tertiary alicyclic amines) is 1. The molecule has 1 aromatic carbocycles. The second kappa shape index (κ2) is 9.69. The molecule has 27 heavy (non-hydrogen) atoms. The zero-order valence-corrected chi connectivity index (χ0v) is 16.2. The molecule has 148 valence electrons. The number of guanidine groups is 1. The number of benzene rings is 1. The molecule has 2 fully saturated rings. The van der Waals surface area contributed by atoms with E-state index in [4.69, 9.17) is 0 Å². The van der Waals surface area contributed by atoms with Gasteiger partial charge in [-0.15, -0.1) is 0 Å². The Morgan fingerprint density at radius 3 is 2.48 bits per heavy atom. The first-order valence-electron chi connectivity index (χ1n) is 10.1. The maximum atomic E-state index is 10.7. The van der Waals surface area contributed by atoms with Gasteiger partial charge < -0.3 is 15.5 Å². The van der Waals surface area contributed by atoms with Crippen molar-refractivity contribution in [2.24, 2.45) is 4.99 Å². The Kier molecular flexibility index (Phi) is 7.04. The van der Waals surface area contributed by atoms with Gasteiger partial charge in [-0.05, 0) is 50.5 Å². The highest BCUT2D eigenvalue weighted by molar-refractivity contribution is 5.79. The van der Waals surface area contributed by atoms with Crippen LogP contribution in [0.1, 0.15) is 44.1 Å². The van der Waals surface area contributed by atoms with Gasteiger partial charge in [-0.1, -0.05) is 12.1 Å². The van der Waals surface area contributed by atoms with E-state index in [1.807, 2.05) is 19.2 Å². The fraction of sp³-hybridized carbons (Fsp3) is 0.650. The van der Waals surface area contributed by atoms with Gasteiger partial charge in [0.15, 0.2) is 5.96 Å². The Bertz CT molecular complexity index is 634. The van der Waals surface area contributed by atoms with Gasteiger partial charge >= 0.3 is 0 Å². The first-order valence-corrected chi connectivity index (χ1v) is 10.1. The van der Waals surface area contributed by atoms with Crippen LogP contribution in [0.15, 0.2) is 29.3 Å². The Balaban J connectivity index is 1.29. The maximum Gasteiger partial charge on any atom is 0.269 e. The second-order valence-electron chi connectivity index (χ2n) is 7.57. The zero-order chi connectivity index (χ0) is 19.1. The zero-order valence-electron chi connectivity index (χ0n) is 16.2. The van der Waals surface area contributed by atoms with Gasteiger partial charge in [-0.25, -0.2) is 0 Å². The molecule has 0 spiro atoms. The first kappa shape index (κ1) is 19.6. The molecular weight excluding hydrogens is 342 g/mol. The van der Waals surface area contributed by atoms with Crippen LogP contribution in [0.2, 0.25) is 0 Å². The number of aryl methyl sites for hydroxylation is 1. The largest absolute Gasteiger partial charge is 0.356 e. The molecule has 1 saturated heterocycles. The summed E-state index contributed by atoms with van der Waals surface area (Å²) >= 11 is 0. The number of hydrogen-bond acceptors (Lipinski definition) is 4. The molecule has 0 amide bonds. The van der Waals surface area contributed by atoms with Crippen LogP contribution in [0.3, 0.4) is 0 Å². The highest BCUT2D eigenvalue weighted by Crippen LogP contribution is 2.29. The quantitative estimate of drug-likeness (QED) is 0.241. The number of nitrogens with one attached hydrogen (secondary N) is 2. The summed E-state index contributed by atoms with van der Waals surface area (Å²) in [5, 5.41) is 17.6. The number of nitro benzene ring substituents is 1. The molecule has 1 saturated carbocycles. The molecule has 2 aliphatic rings. The van der Waals surface area contributed by atoms with Gasteiger partial charge in [0.1, 0.15) is 0 Å². The molecule has 0 radical (unpaired) electrons. The first-order chi connectivity index (χ1) is 13.2. The number of nitrogens with zero attached hydrogens (tertiary/aromatic N) is 3. The van der Waals surface area contributed by atoms with E-state index in [2.05, 4.69) is 20.5 Å². The predicted octanol–water partition coefficient (Wildman–Crippen LogP) is 2.71. The number of non-ortho nitro benzene ring substituents is 1. The molecule has 1 aliphatic heterocycles. The lowest BCUT2D eigenvalue weighted by atomic mass is 10.1. The van der Waals surface area contributed by atoms with Gasteiger partial charge in [0.25, 0.3) is 5.69 Å². The third-order valence-electron chi connectivity index (χ3n) is 5.49. The lowest BCUT2D eigenvalue weighted by Crippen LogP contribution is -2.49.